The Labute approximate surface area is 76.2 Å². The molecule has 0 bridgehead atoms. The summed E-state index contributed by atoms with van der Waals surface area (Å²) in [6, 6.07) is -0.865. The first kappa shape index (κ1) is 11.8. The van der Waals surface area contributed by atoms with Crippen LogP contribution in [0.3, 0.4) is 0 Å². The van der Waals surface area contributed by atoms with E-state index < -0.39 is 21.4 Å². The van der Waals surface area contributed by atoms with E-state index in [4.69, 9.17) is 0 Å². The molecule has 0 saturated heterocycles. The molecule has 0 spiro atoms. The first-order valence-corrected chi connectivity index (χ1v) is 4.11. The van der Waals surface area contributed by atoms with Crippen molar-refractivity contribution in [2.24, 2.45) is 0 Å². The highest BCUT2D eigenvalue weighted by Gasteiger charge is 2.40. The van der Waals surface area contributed by atoms with E-state index in [0.29, 0.717) is 6.42 Å². The van der Waals surface area contributed by atoms with Crippen molar-refractivity contribution in [3.05, 3.63) is 20.2 Å². The van der Waals surface area contributed by atoms with E-state index in [-0.39, 0.29) is 6.42 Å². The summed E-state index contributed by atoms with van der Waals surface area (Å²) >= 11 is 0. The van der Waals surface area contributed by atoms with Gasteiger partial charge in [0, 0.05) is 30.1 Å². The van der Waals surface area contributed by atoms with Crippen LogP contribution in [0.15, 0.2) is 0 Å². The zero-order valence-corrected chi connectivity index (χ0v) is 8.02. The molecule has 0 aromatic carbocycles. The predicted octanol–water partition coefficient (Wildman–Crippen LogP) is 1.49. The molecule has 0 aliphatic heterocycles. The van der Waals surface area contributed by atoms with Crippen molar-refractivity contribution in [1.82, 2.24) is 0 Å². The quantitative estimate of drug-likeness (QED) is 0.485. The van der Waals surface area contributed by atoms with Gasteiger partial charge in [0.1, 0.15) is 0 Å². The minimum Gasteiger partial charge on any atom is -0.264 e. The van der Waals surface area contributed by atoms with Gasteiger partial charge in [-0.2, -0.15) is 0 Å². The first-order valence-electron chi connectivity index (χ1n) is 4.11. The van der Waals surface area contributed by atoms with Crippen LogP contribution < -0.4 is 0 Å². The van der Waals surface area contributed by atoms with Crippen molar-refractivity contribution >= 4 is 0 Å². The minimum absolute atomic E-state index is 0.0243. The normalized spacial score (nSPS) is 17.5. The van der Waals surface area contributed by atoms with Crippen LogP contribution in [-0.2, 0) is 0 Å². The highest BCUT2D eigenvalue weighted by molar-refractivity contribution is 4.74. The lowest BCUT2D eigenvalue weighted by molar-refractivity contribution is -0.589. The highest BCUT2D eigenvalue weighted by Crippen LogP contribution is 2.21. The zero-order chi connectivity index (χ0) is 10.6. The lowest BCUT2D eigenvalue weighted by Gasteiger charge is -2.19. The Morgan fingerprint density at radius 1 is 1.38 bits per heavy atom. The van der Waals surface area contributed by atoms with Crippen molar-refractivity contribution < 1.29 is 9.85 Å². The van der Waals surface area contributed by atoms with Gasteiger partial charge in [-0.3, -0.25) is 20.2 Å². The molecule has 0 amide bonds. The molecule has 0 saturated carbocycles. The molecule has 76 valence electrons. The number of rotatable bonds is 5. The molecule has 0 fully saturated rings. The molecule has 2 atom stereocenters. The van der Waals surface area contributed by atoms with Gasteiger partial charge < -0.3 is 0 Å². The van der Waals surface area contributed by atoms with Gasteiger partial charge in [0.15, 0.2) is 0 Å². The van der Waals surface area contributed by atoms with E-state index >= 15 is 0 Å². The Bertz CT molecular complexity index is 219. The molecular formula is C7H14N2O4. The van der Waals surface area contributed by atoms with E-state index in [1.165, 1.54) is 13.8 Å². The SMILES string of the molecule is CCC(C)(CC(C)[N+](=O)[O-])[N+](=O)[O-]. The van der Waals surface area contributed by atoms with Gasteiger partial charge >= 0.3 is 0 Å². The smallest absolute Gasteiger partial charge is 0.225 e. The fourth-order valence-corrected chi connectivity index (χ4v) is 1.06. The number of nitro groups is 2. The Balaban J connectivity index is 4.45. The Kier molecular flexibility index (Phi) is 3.77. The standard InChI is InChI=1S/C7H14N2O4/c1-4-7(3,9(12)13)5-6(2)8(10)11/h6H,4-5H2,1-3H3. The maximum absolute atomic E-state index is 10.6. The highest BCUT2D eigenvalue weighted by atomic mass is 16.6. The third-order valence-electron chi connectivity index (χ3n) is 2.30. The molecule has 0 aromatic rings. The Morgan fingerprint density at radius 3 is 2.08 bits per heavy atom. The van der Waals surface area contributed by atoms with Gasteiger partial charge in [0.05, 0.1) is 6.42 Å². The maximum Gasteiger partial charge on any atom is 0.225 e. The van der Waals surface area contributed by atoms with Gasteiger partial charge in [-0.25, -0.2) is 0 Å². The van der Waals surface area contributed by atoms with Crippen molar-refractivity contribution in [1.29, 1.82) is 0 Å². The lowest BCUT2D eigenvalue weighted by atomic mass is 9.92. The molecule has 2 unspecified atom stereocenters. The molecule has 0 aliphatic carbocycles. The minimum atomic E-state index is -1.17. The van der Waals surface area contributed by atoms with Crippen molar-refractivity contribution in [2.75, 3.05) is 0 Å². The van der Waals surface area contributed by atoms with Crippen LogP contribution in [0.25, 0.3) is 0 Å². The average Bonchev–Trinajstić information content (AvgIpc) is 2.03. The van der Waals surface area contributed by atoms with Crippen LogP contribution in [0.2, 0.25) is 0 Å². The summed E-state index contributed by atoms with van der Waals surface area (Å²) in [7, 11) is 0. The third kappa shape index (κ3) is 2.96. The van der Waals surface area contributed by atoms with E-state index in [1.807, 2.05) is 0 Å². The summed E-state index contributed by atoms with van der Waals surface area (Å²) in [5.41, 5.74) is -1.17. The lowest BCUT2D eigenvalue weighted by Crippen LogP contribution is -2.39. The molecule has 13 heavy (non-hydrogen) atoms. The van der Waals surface area contributed by atoms with Crippen LogP contribution in [0.1, 0.15) is 33.6 Å². The predicted molar refractivity (Wildman–Crippen MR) is 46.8 cm³/mol. The van der Waals surface area contributed by atoms with E-state index in [0.717, 1.165) is 0 Å². The van der Waals surface area contributed by atoms with E-state index in [9.17, 15) is 20.2 Å². The van der Waals surface area contributed by atoms with Crippen LogP contribution in [0, 0.1) is 20.2 Å². The summed E-state index contributed by atoms with van der Waals surface area (Å²) in [6.45, 7) is 4.49. The largest absolute Gasteiger partial charge is 0.264 e. The number of hydrogen-bond acceptors (Lipinski definition) is 4. The van der Waals surface area contributed by atoms with Gasteiger partial charge in [-0.15, -0.1) is 0 Å². The average molecular weight is 190 g/mol. The molecule has 0 radical (unpaired) electrons. The fraction of sp³-hybridized carbons (Fsp3) is 1.00. The van der Waals surface area contributed by atoms with Gasteiger partial charge in [-0.1, -0.05) is 6.92 Å². The monoisotopic (exact) mass is 190 g/mol. The molecule has 6 heteroatoms. The van der Waals surface area contributed by atoms with Crippen molar-refractivity contribution in [2.45, 2.75) is 45.2 Å². The summed E-state index contributed by atoms with van der Waals surface area (Å²) in [6.07, 6.45) is 0.279. The van der Waals surface area contributed by atoms with Crippen LogP contribution in [-0.4, -0.2) is 21.4 Å². The second-order valence-corrected chi connectivity index (χ2v) is 3.45. The molecule has 0 aliphatic rings. The van der Waals surface area contributed by atoms with Crippen LogP contribution >= 0.6 is 0 Å². The molecule has 0 rings (SSSR count). The van der Waals surface area contributed by atoms with Gasteiger partial charge in [-0.05, 0) is 0 Å². The van der Waals surface area contributed by atoms with Crippen molar-refractivity contribution in [3.63, 3.8) is 0 Å². The topological polar surface area (TPSA) is 86.3 Å². The summed E-state index contributed by atoms with van der Waals surface area (Å²) < 4.78 is 0. The molecule has 6 nitrogen and oxygen atoms in total. The summed E-state index contributed by atoms with van der Waals surface area (Å²) in [5.74, 6) is 0. The first-order chi connectivity index (χ1) is 5.83. The fourth-order valence-electron chi connectivity index (χ4n) is 1.06. The summed E-state index contributed by atoms with van der Waals surface area (Å²) in [5, 5.41) is 20.9. The number of hydrogen-bond donors (Lipinski definition) is 0. The second kappa shape index (κ2) is 4.15. The molecule has 0 heterocycles. The zero-order valence-electron chi connectivity index (χ0n) is 8.02. The van der Waals surface area contributed by atoms with Crippen molar-refractivity contribution in [3.8, 4) is 0 Å². The Morgan fingerprint density at radius 2 is 1.85 bits per heavy atom. The molecular weight excluding hydrogens is 176 g/mol. The molecule has 0 N–H and O–H groups in total. The number of nitrogens with zero attached hydrogens (tertiary/aromatic N) is 2. The van der Waals surface area contributed by atoms with E-state index in [2.05, 4.69) is 0 Å². The molecule has 0 aromatic heterocycles. The summed E-state index contributed by atoms with van der Waals surface area (Å²) in [4.78, 5) is 20.0. The third-order valence-corrected chi connectivity index (χ3v) is 2.30. The second-order valence-electron chi connectivity index (χ2n) is 3.45. The Hall–Kier alpha value is -1.20. The van der Waals surface area contributed by atoms with Gasteiger partial charge in [0.25, 0.3) is 0 Å². The van der Waals surface area contributed by atoms with Crippen LogP contribution in [0.4, 0.5) is 0 Å². The van der Waals surface area contributed by atoms with E-state index in [1.54, 1.807) is 6.92 Å². The van der Waals surface area contributed by atoms with Crippen LogP contribution in [0.5, 0.6) is 0 Å². The maximum atomic E-state index is 10.6. The van der Waals surface area contributed by atoms with Gasteiger partial charge in [0.2, 0.25) is 11.6 Å².